The van der Waals surface area contributed by atoms with Gasteiger partial charge in [0, 0.05) is 31.4 Å². The van der Waals surface area contributed by atoms with Crippen molar-refractivity contribution in [1.82, 2.24) is 14.8 Å². The largest absolute Gasteiger partial charge is 0.468 e. The molecule has 1 saturated heterocycles. The molecule has 0 spiro atoms. The number of alkyl halides is 3. The second kappa shape index (κ2) is 7.38. The van der Waals surface area contributed by atoms with Gasteiger partial charge in [-0.25, -0.2) is 4.98 Å². The number of amides is 1. The zero-order valence-electron chi connectivity index (χ0n) is 14.0. The van der Waals surface area contributed by atoms with Crippen molar-refractivity contribution < 1.29 is 22.7 Å². The molecule has 2 rings (SSSR count). The molecule has 1 aromatic rings. The highest BCUT2D eigenvalue weighted by molar-refractivity contribution is 5.94. The van der Waals surface area contributed by atoms with E-state index in [2.05, 4.69) is 21.5 Å². The molecule has 2 heterocycles. The molecule has 0 bridgehead atoms. The van der Waals surface area contributed by atoms with Crippen LogP contribution in [0.1, 0.15) is 23.7 Å². The predicted octanol–water partition coefficient (Wildman–Crippen LogP) is 2.43. The summed E-state index contributed by atoms with van der Waals surface area (Å²) >= 11 is 0. The van der Waals surface area contributed by atoms with Gasteiger partial charge in [0.25, 0.3) is 5.91 Å². The Morgan fingerprint density at radius 1 is 1.38 bits per heavy atom. The molecule has 1 amide bonds. The lowest BCUT2D eigenvalue weighted by Gasteiger charge is -2.23. The van der Waals surface area contributed by atoms with E-state index in [1.165, 1.54) is 18.3 Å². The summed E-state index contributed by atoms with van der Waals surface area (Å²) in [5, 5.41) is 0. The number of pyridine rings is 1. The quantitative estimate of drug-likeness (QED) is 0.822. The van der Waals surface area contributed by atoms with Crippen LogP contribution < -0.4 is 4.74 Å². The molecule has 0 saturated carbocycles. The first-order valence-corrected chi connectivity index (χ1v) is 7.82. The van der Waals surface area contributed by atoms with E-state index < -0.39 is 12.8 Å². The van der Waals surface area contributed by atoms with Crippen molar-refractivity contribution in [2.24, 2.45) is 5.92 Å². The molecule has 2 atom stereocenters. The minimum absolute atomic E-state index is 0.150. The van der Waals surface area contributed by atoms with Crippen molar-refractivity contribution in [2.75, 3.05) is 33.8 Å². The van der Waals surface area contributed by atoms with E-state index in [0.29, 0.717) is 30.6 Å². The lowest BCUT2D eigenvalue weighted by Crippen LogP contribution is -2.36. The molecule has 5 nitrogen and oxygen atoms in total. The fourth-order valence-corrected chi connectivity index (χ4v) is 2.94. The normalized spacial score (nSPS) is 21.4. The van der Waals surface area contributed by atoms with Crippen molar-refractivity contribution in [2.45, 2.75) is 25.6 Å². The van der Waals surface area contributed by atoms with Gasteiger partial charge in [0.05, 0.1) is 5.56 Å². The number of ether oxygens (including phenoxy) is 1. The Hall–Kier alpha value is -1.83. The Labute approximate surface area is 139 Å². The second-order valence-electron chi connectivity index (χ2n) is 6.20. The Kier molecular flexibility index (Phi) is 5.69. The van der Waals surface area contributed by atoms with Crippen LogP contribution in [0, 0.1) is 5.92 Å². The van der Waals surface area contributed by atoms with E-state index in [9.17, 15) is 18.0 Å². The van der Waals surface area contributed by atoms with E-state index in [1.54, 1.807) is 4.90 Å². The minimum Gasteiger partial charge on any atom is -0.468 e. The van der Waals surface area contributed by atoms with Crippen molar-refractivity contribution in [1.29, 1.82) is 0 Å². The highest BCUT2D eigenvalue weighted by atomic mass is 19.4. The summed E-state index contributed by atoms with van der Waals surface area (Å²) in [6.07, 6.45) is -2.17. The monoisotopic (exact) mass is 345 g/mol. The lowest BCUT2D eigenvalue weighted by atomic mass is 10.0. The number of hydrogen-bond donors (Lipinski definition) is 0. The first kappa shape index (κ1) is 18.5. The first-order chi connectivity index (χ1) is 11.2. The zero-order chi connectivity index (χ0) is 17.9. The molecule has 1 aromatic heterocycles. The van der Waals surface area contributed by atoms with E-state index in [1.807, 2.05) is 14.1 Å². The van der Waals surface area contributed by atoms with E-state index in [0.717, 1.165) is 6.42 Å². The van der Waals surface area contributed by atoms with Gasteiger partial charge < -0.3 is 14.5 Å². The predicted molar refractivity (Wildman–Crippen MR) is 82.9 cm³/mol. The van der Waals surface area contributed by atoms with Crippen LogP contribution in [0.2, 0.25) is 0 Å². The molecule has 1 fully saturated rings. The molecule has 0 aliphatic carbocycles. The van der Waals surface area contributed by atoms with Gasteiger partial charge in [-0.1, -0.05) is 13.3 Å². The Morgan fingerprint density at radius 3 is 2.54 bits per heavy atom. The number of nitrogens with zero attached hydrogens (tertiary/aromatic N) is 3. The average molecular weight is 345 g/mol. The SMILES string of the molecule is CC[C@H]1CN(C(=O)c2ccc(OCC(F)(F)F)nc2)C[C@H]1N(C)C. The molecular weight excluding hydrogens is 323 g/mol. The van der Waals surface area contributed by atoms with Crippen LogP contribution in [-0.4, -0.2) is 66.7 Å². The summed E-state index contributed by atoms with van der Waals surface area (Å²) < 4.78 is 40.9. The molecule has 0 unspecified atom stereocenters. The van der Waals surface area contributed by atoms with E-state index in [4.69, 9.17) is 0 Å². The molecular formula is C16H22F3N3O2. The van der Waals surface area contributed by atoms with Crippen molar-refractivity contribution in [3.8, 4) is 5.88 Å². The fourth-order valence-electron chi connectivity index (χ4n) is 2.94. The maximum atomic E-state index is 12.6. The highest BCUT2D eigenvalue weighted by Crippen LogP contribution is 2.25. The summed E-state index contributed by atoms with van der Waals surface area (Å²) in [5.74, 6) is 0.0990. The van der Waals surface area contributed by atoms with E-state index in [-0.39, 0.29) is 11.8 Å². The number of likely N-dealkylation sites (tertiary alicyclic amines) is 1. The molecule has 1 aliphatic rings. The topological polar surface area (TPSA) is 45.7 Å². The molecule has 0 radical (unpaired) electrons. The summed E-state index contributed by atoms with van der Waals surface area (Å²) in [6, 6.07) is 3.04. The number of hydrogen-bond acceptors (Lipinski definition) is 4. The van der Waals surface area contributed by atoms with Crippen LogP contribution in [0.25, 0.3) is 0 Å². The van der Waals surface area contributed by atoms with Crippen molar-refractivity contribution >= 4 is 5.91 Å². The third kappa shape index (κ3) is 4.59. The number of halogens is 3. The maximum Gasteiger partial charge on any atom is 0.422 e. The third-order valence-electron chi connectivity index (χ3n) is 4.25. The summed E-state index contributed by atoms with van der Waals surface area (Å²) in [6.45, 7) is 2.01. The number of carbonyl (C=O) groups is 1. The number of likely N-dealkylation sites (N-methyl/N-ethyl adjacent to an activating group) is 1. The number of aromatic nitrogens is 1. The average Bonchev–Trinajstić information content (AvgIpc) is 2.96. The molecule has 1 aliphatic heterocycles. The number of rotatable bonds is 5. The lowest BCUT2D eigenvalue weighted by molar-refractivity contribution is -0.154. The summed E-state index contributed by atoms with van der Waals surface area (Å²) in [4.78, 5) is 20.2. The third-order valence-corrected chi connectivity index (χ3v) is 4.25. The first-order valence-electron chi connectivity index (χ1n) is 7.82. The summed E-state index contributed by atoms with van der Waals surface area (Å²) in [7, 11) is 3.99. The van der Waals surface area contributed by atoms with Gasteiger partial charge >= 0.3 is 6.18 Å². The van der Waals surface area contributed by atoms with Gasteiger partial charge in [-0.3, -0.25) is 4.79 Å². The smallest absolute Gasteiger partial charge is 0.422 e. The van der Waals surface area contributed by atoms with Crippen LogP contribution in [0.3, 0.4) is 0 Å². The van der Waals surface area contributed by atoms with Gasteiger partial charge in [0.15, 0.2) is 6.61 Å². The van der Waals surface area contributed by atoms with Gasteiger partial charge in [-0.05, 0) is 26.1 Å². The van der Waals surface area contributed by atoms with Crippen LogP contribution in [0.5, 0.6) is 5.88 Å². The maximum absolute atomic E-state index is 12.6. The highest BCUT2D eigenvalue weighted by Gasteiger charge is 2.35. The summed E-state index contributed by atoms with van der Waals surface area (Å²) in [5.41, 5.74) is 0.351. The van der Waals surface area contributed by atoms with Crippen LogP contribution in [0.4, 0.5) is 13.2 Å². The van der Waals surface area contributed by atoms with Gasteiger partial charge in [0.2, 0.25) is 5.88 Å². The van der Waals surface area contributed by atoms with Gasteiger partial charge in [0.1, 0.15) is 0 Å². The second-order valence-corrected chi connectivity index (χ2v) is 6.20. The fraction of sp³-hybridized carbons (Fsp3) is 0.625. The van der Waals surface area contributed by atoms with Gasteiger partial charge in [-0.2, -0.15) is 13.2 Å². The Balaban J connectivity index is 2.00. The van der Waals surface area contributed by atoms with Crippen molar-refractivity contribution in [3.05, 3.63) is 23.9 Å². The Bertz CT molecular complexity index is 561. The molecule has 8 heteroatoms. The van der Waals surface area contributed by atoms with Crippen molar-refractivity contribution in [3.63, 3.8) is 0 Å². The molecule has 0 aromatic carbocycles. The Morgan fingerprint density at radius 2 is 2.08 bits per heavy atom. The molecule has 134 valence electrons. The standard InChI is InChI=1S/C16H22F3N3O2/c1-4-11-8-22(9-13(11)21(2)3)15(23)12-5-6-14(20-7-12)24-10-16(17,18)19/h5-7,11,13H,4,8-10H2,1-3H3/t11-,13+/m0/s1. The van der Waals surface area contributed by atoms with E-state index >= 15 is 0 Å². The zero-order valence-corrected chi connectivity index (χ0v) is 14.0. The van der Waals surface area contributed by atoms with Crippen LogP contribution >= 0.6 is 0 Å². The molecule has 24 heavy (non-hydrogen) atoms. The van der Waals surface area contributed by atoms with Crippen LogP contribution in [0.15, 0.2) is 18.3 Å². The molecule has 0 N–H and O–H groups in total. The van der Waals surface area contributed by atoms with Crippen LogP contribution in [-0.2, 0) is 0 Å². The minimum atomic E-state index is -4.41. The number of carbonyl (C=O) groups excluding carboxylic acids is 1. The van der Waals surface area contributed by atoms with Gasteiger partial charge in [-0.15, -0.1) is 0 Å².